The van der Waals surface area contributed by atoms with Crippen molar-refractivity contribution in [1.29, 1.82) is 0 Å². The van der Waals surface area contributed by atoms with E-state index in [-0.39, 0.29) is 0 Å². The molecule has 0 aliphatic carbocycles. The van der Waals surface area contributed by atoms with Gasteiger partial charge in [0, 0.05) is 6.04 Å². The summed E-state index contributed by atoms with van der Waals surface area (Å²) in [5, 5.41) is 11.2. The molecule has 0 aromatic heterocycles. The molecule has 3 fully saturated rings. The van der Waals surface area contributed by atoms with Crippen LogP contribution in [0.5, 0.6) is 0 Å². The Bertz CT molecular complexity index is 296. The molecule has 0 aromatic carbocycles. The minimum Gasteiger partial charge on any atom is -0.302 e. The Morgan fingerprint density at radius 2 is 1.82 bits per heavy atom. The van der Waals surface area contributed by atoms with Crippen molar-refractivity contribution in [3.05, 3.63) is 0 Å². The predicted molar refractivity (Wildman–Crippen MR) is 70.5 cm³/mol. The summed E-state index contributed by atoms with van der Waals surface area (Å²) in [7, 11) is 0. The molecule has 17 heavy (non-hydrogen) atoms. The molecular formula is C14H27N3. The lowest BCUT2D eigenvalue weighted by molar-refractivity contribution is 0.117. The van der Waals surface area contributed by atoms with Crippen LogP contribution in [-0.4, -0.2) is 24.9 Å². The van der Waals surface area contributed by atoms with E-state index < -0.39 is 0 Å². The van der Waals surface area contributed by atoms with E-state index >= 15 is 0 Å². The zero-order chi connectivity index (χ0) is 12.2. The Balaban J connectivity index is 1.86. The molecule has 0 spiro atoms. The van der Waals surface area contributed by atoms with Gasteiger partial charge >= 0.3 is 0 Å². The van der Waals surface area contributed by atoms with Crippen molar-refractivity contribution in [1.82, 2.24) is 16.0 Å². The van der Waals surface area contributed by atoms with E-state index in [0.29, 0.717) is 23.8 Å². The lowest BCUT2D eigenvalue weighted by Gasteiger charge is -2.39. The van der Waals surface area contributed by atoms with E-state index in [1.165, 1.54) is 19.4 Å². The van der Waals surface area contributed by atoms with Crippen LogP contribution in [0.3, 0.4) is 0 Å². The molecular weight excluding hydrogens is 210 g/mol. The molecule has 3 aliphatic heterocycles. The first-order valence-electron chi connectivity index (χ1n) is 7.24. The largest absolute Gasteiger partial charge is 0.302 e. The van der Waals surface area contributed by atoms with E-state index in [4.69, 9.17) is 0 Å². The minimum absolute atomic E-state index is 0.403. The highest BCUT2D eigenvalue weighted by molar-refractivity contribution is 5.08. The molecule has 3 nitrogen and oxygen atoms in total. The van der Waals surface area contributed by atoms with Crippen molar-refractivity contribution >= 4 is 0 Å². The van der Waals surface area contributed by atoms with Crippen molar-refractivity contribution < 1.29 is 0 Å². The number of piperidine rings is 1. The molecule has 6 atom stereocenters. The molecule has 3 heteroatoms. The summed E-state index contributed by atoms with van der Waals surface area (Å²) in [5.41, 5.74) is 0.403. The van der Waals surface area contributed by atoms with Gasteiger partial charge in [0.2, 0.25) is 0 Å². The molecule has 0 radical (unpaired) electrons. The number of fused-ring (bicyclic) bond motifs is 3. The van der Waals surface area contributed by atoms with Gasteiger partial charge in [-0.2, -0.15) is 0 Å². The Morgan fingerprint density at radius 1 is 1.06 bits per heavy atom. The molecule has 3 heterocycles. The summed E-state index contributed by atoms with van der Waals surface area (Å²) in [6, 6.07) is 0.639. The van der Waals surface area contributed by atoms with Gasteiger partial charge in [-0.3, -0.25) is 10.6 Å². The highest BCUT2D eigenvalue weighted by Gasteiger charge is 2.55. The minimum atomic E-state index is 0.403. The van der Waals surface area contributed by atoms with Gasteiger partial charge in [-0.05, 0) is 49.5 Å². The average Bonchev–Trinajstić information content (AvgIpc) is 2.70. The fraction of sp³-hybridized carbons (Fsp3) is 1.00. The van der Waals surface area contributed by atoms with Gasteiger partial charge in [0.05, 0.1) is 12.3 Å². The molecule has 0 amide bonds. The lowest BCUT2D eigenvalue weighted by atomic mass is 9.67. The lowest BCUT2D eigenvalue weighted by Crippen LogP contribution is -2.51. The highest BCUT2D eigenvalue weighted by atomic mass is 15.3. The summed E-state index contributed by atoms with van der Waals surface area (Å²) in [6.07, 6.45) is 3.84. The fourth-order valence-electron chi connectivity index (χ4n) is 4.74. The number of hydrogen-bond acceptors (Lipinski definition) is 3. The van der Waals surface area contributed by atoms with Crippen molar-refractivity contribution in [2.45, 2.75) is 58.9 Å². The average molecular weight is 237 g/mol. The van der Waals surface area contributed by atoms with Gasteiger partial charge < -0.3 is 5.32 Å². The molecule has 3 saturated heterocycles. The summed E-state index contributed by atoms with van der Waals surface area (Å²) in [4.78, 5) is 0. The van der Waals surface area contributed by atoms with Crippen LogP contribution in [0.4, 0.5) is 0 Å². The Labute approximate surface area is 105 Å². The molecule has 3 N–H and O–H groups in total. The van der Waals surface area contributed by atoms with Gasteiger partial charge in [0.1, 0.15) is 0 Å². The number of hydrogen-bond donors (Lipinski definition) is 3. The molecule has 98 valence electrons. The van der Waals surface area contributed by atoms with Crippen molar-refractivity contribution in [2.24, 2.45) is 23.2 Å². The van der Waals surface area contributed by atoms with Gasteiger partial charge in [0.25, 0.3) is 0 Å². The molecule has 6 unspecified atom stereocenters. The van der Waals surface area contributed by atoms with E-state index in [2.05, 4.69) is 43.6 Å². The van der Waals surface area contributed by atoms with Crippen LogP contribution in [0.1, 0.15) is 40.5 Å². The molecule has 0 bridgehead atoms. The second-order valence-corrected chi connectivity index (χ2v) is 7.31. The third kappa shape index (κ3) is 1.83. The molecule has 0 saturated carbocycles. The molecule has 0 aromatic rings. The maximum Gasteiger partial charge on any atom is 0.0622 e. The first kappa shape index (κ1) is 11.9. The van der Waals surface area contributed by atoms with Crippen LogP contribution >= 0.6 is 0 Å². The Morgan fingerprint density at radius 3 is 2.53 bits per heavy atom. The van der Waals surface area contributed by atoms with E-state index in [9.17, 15) is 0 Å². The van der Waals surface area contributed by atoms with Crippen molar-refractivity contribution in [3.63, 3.8) is 0 Å². The Hall–Kier alpha value is -0.120. The van der Waals surface area contributed by atoms with Gasteiger partial charge in [-0.1, -0.05) is 20.8 Å². The van der Waals surface area contributed by atoms with Crippen LogP contribution in [0.2, 0.25) is 0 Å². The summed E-state index contributed by atoms with van der Waals surface area (Å²) in [6.45, 7) is 10.8. The highest BCUT2D eigenvalue weighted by Crippen LogP contribution is 2.48. The monoisotopic (exact) mass is 237 g/mol. The van der Waals surface area contributed by atoms with Crippen LogP contribution in [-0.2, 0) is 0 Å². The second-order valence-electron chi connectivity index (χ2n) is 7.31. The smallest absolute Gasteiger partial charge is 0.0622 e. The quantitative estimate of drug-likeness (QED) is 0.598. The number of rotatable bonds is 0. The molecule has 3 aliphatic rings. The van der Waals surface area contributed by atoms with Crippen LogP contribution in [0.15, 0.2) is 0 Å². The van der Waals surface area contributed by atoms with Crippen LogP contribution in [0, 0.1) is 23.2 Å². The molecule has 3 rings (SSSR count). The van der Waals surface area contributed by atoms with Crippen LogP contribution in [0.25, 0.3) is 0 Å². The normalized spacial score (nSPS) is 50.1. The summed E-state index contributed by atoms with van der Waals surface area (Å²) >= 11 is 0. The standard InChI is InChI=1S/C14H27N3/c1-8-11(14(2,3)4)10-9-6-5-7-15-12(9)17-13(10)16-8/h8-13,15-17H,5-7H2,1-4H3. The zero-order valence-corrected chi connectivity index (χ0v) is 11.6. The number of nitrogens with one attached hydrogen (secondary N) is 3. The van der Waals surface area contributed by atoms with E-state index in [1.807, 2.05) is 0 Å². The topological polar surface area (TPSA) is 36.1 Å². The van der Waals surface area contributed by atoms with Crippen LogP contribution < -0.4 is 16.0 Å². The predicted octanol–water partition coefficient (Wildman–Crippen LogP) is 1.51. The van der Waals surface area contributed by atoms with Crippen molar-refractivity contribution in [2.75, 3.05) is 6.54 Å². The van der Waals surface area contributed by atoms with Gasteiger partial charge in [0.15, 0.2) is 0 Å². The van der Waals surface area contributed by atoms with Crippen molar-refractivity contribution in [3.8, 4) is 0 Å². The van der Waals surface area contributed by atoms with Gasteiger partial charge in [-0.15, -0.1) is 0 Å². The SMILES string of the molecule is CC1NC2NC3NCCCC3C2C1C(C)(C)C. The first-order chi connectivity index (χ1) is 7.98. The maximum absolute atomic E-state index is 3.78. The van der Waals surface area contributed by atoms with E-state index in [0.717, 1.165) is 17.8 Å². The van der Waals surface area contributed by atoms with E-state index in [1.54, 1.807) is 0 Å². The maximum atomic E-state index is 3.78. The third-order valence-electron chi connectivity index (χ3n) is 5.14. The first-order valence-corrected chi connectivity index (χ1v) is 7.24. The Kier molecular flexibility index (Phi) is 2.77. The fourth-order valence-corrected chi connectivity index (χ4v) is 4.74. The zero-order valence-electron chi connectivity index (χ0n) is 11.6. The summed E-state index contributed by atoms with van der Waals surface area (Å²) in [5.74, 6) is 2.42. The third-order valence-corrected chi connectivity index (χ3v) is 5.14. The second kappa shape index (κ2) is 3.94. The van der Waals surface area contributed by atoms with Gasteiger partial charge in [-0.25, -0.2) is 0 Å². The summed E-state index contributed by atoms with van der Waals surface area (Å²) < 4.78 is 0.